The van der Waals surface area contributed by atoms with Gasteiger partial charge in [-0.3, -0.25) is 0 Å². The van der Waals surface area contributed by atoms with Crippen LogP contribution in [0.5, 0.6) is 5.75 Å². The molecule has 0 fully saturated rings. The van der Waals surface area contributed by atoms with E-state index in [1.54, 1.807) is 52.1 Å². The molecule has 3 amide bonds. The summed E-state index contributed by atoms with van der Waals surface area (Å²) in [5, 5.41) is 6.35. The normalized spacial score (nSPS) is 10.8. The first-order valence-electron chi connectivity index (χ1n) is 11.0. The van der Waals surface area contributed by atoms with Gasteiger partial charge in [0.15, 0.2) is 0 Å². The van der Waals surface area contributed by atoms with E-state index in [-0.39, 0.29) is 19.0 Å². The van der Waals surface area contributed by atoms with Crippen LogP contribution in [-0.2, 0) is 14.3 Å². The van der Waals surface area contributed by atoms with E-state index in [4.69, 9.17) is 9.47 Å². The first-order valence-corrected chi connectivity index (χ1v) is 13.1. The molecule has 2 aromatic rings. The Bertz CT molecular complexity index is 930. The van der Waals surface area contributed by atoms with Crippen LogP contribution in [0, 0.1) is 0 Å². The van der Waals surface area contributed by atoms with Gasteiger partial charge < -0.3 is 0 Å². The fraction of sp³-hybridized carbons (Fsp3) is 0.400. The molecule has 184 valence electrons. The number of benzene rings is 2. The Balaban J connectivity index is 1.90. The summed E-state index contributed by atoms with van der Waals surface area (Å²) in [4.78, 5) is 38.7. The van der Waals surface area contributed by atoms with Crippen molar-refractivity contribution < 1.29 is 23.9 Å². The third-order valence-electron chi connectivity index (χ3n) is 4.42. The predicted octanol–water partition coefficient (Wildman–Crippen LogP) is 2.51. The average molecular weight is 535 g/mol. The first kappa shape index (κ1) is 27.2. The Morgan fingerprint density at radius 3 is 2.26 bits per heavy atom. The van der Waals surface area contributed by atoms with Crippen LogP contribution in [0.2, 0.25) is 5.32 Å². The molecule has 0 bridgehead atoms. The Hall–Kier alpha value is -3.03. The van der Waals surface area contributed by atoms with E-state index in [0.717, 1.165) is 11.7 Å². The summed E-state index contributed by atoms with van der Waals surface area (Å²) in [5.41, 5.74) is -0.149. The molecular weight excluding hydrogens is 501 g/mol. The Morgan fingerprint density at radius 1 is 0.971 bits per heavy atom. The molecule has 0 unspecified atom stereocenters. The third kappa shape index (κ3) is 10.3. The molecule has 8 nitrogen and oxygen atoms in total. The Morgan fingerprint density at radius 2 is 1.65 bits per heavy atom. The molecule has 0 saturated heterocycles. The van der Waals surface area contributed by atoms with Crippen LogP contribution in [0.25, 0.3) is 0 Å². The van der Waals surface area contributed by atoms with Gasteiger partial charge >= 0.3 is 174 Å². The van der Waals surface area contributed by atoms with Gasteiger partial charge in [0, 0.05) is 0 Å². The van der Waals surface area contributed by atoms with Crippen LogP contribution in [0.15, 0.2) is 54.6 Å². The monoisotopic (exact) mass is 535 g/mol. The number of carbonyl (C=O) groups excluding carboxylic acids is 3. The summed E-state index contributed by atoms with van der Waals surface area (Å²) in [6, 6.07) is 17.1. The minimum atomic E-state index is -0.694. The average Bonchev–Trinajstić information content (AvgIpc) is 2.80. The van der Waals surface area contributed by atoms with Crippen molar-refractivity contribution in [2.45, 2.75) is 38.1 Å². The molecule has 0 saturated carbocycles. The number of ether oxygens (including phenoxy) is 2. The van der Waals surface area contributed by atoms with Crippen molar-refractivity contribution in [3.05, 3.63) is 54.6 Å². The molecule has 2 rings (SSSR count). The second-order valence-corrected chi connectivity index (χ2v) is 10.8. The molecule has 2 aromatic carbocycles. The van der Waals surface area contributed by atoms with E-state index >= 15 is 0 Å². The van der Waals surface area contributed by atoms with Crippen molar-refractivity contribution in [3.8, 4) is 5.75 Å². The zero-order chi connectivity index (χ0) is 25.0. The van der Waals surface area contributed by atoms with E-state index < -0.39 is 17.6 Å². The summed E-state index contributed by atoms with van der Waals surface area (Å²) in [6.07, 6.45) is 0.164. The fourth-order valence-corrected chi connectivity index (χ4v) is 4.68. The van der Waals surface area contributed by atoms with Crippen molar-refractivity contribution >= 4 is 43.0 Å². The van der Waals surface area contributed by atoms with Crippen molar-refractivity contribution in [2.24, 2.45) is 0 Å². The SMILES string of the molecule is COc1ccc(N(CC(=O)NCCC[Se]c2ccccc2)C(=O)CNC(=O)OC(C)(C)C)cc1. The van der Waals surface area contributed by atoms with E-state index in [1.165, 1.54) is 9.36 Å². The summed E-state index contributed by atoms with van der Waals surface area (Å²) in [7, 11) is 1.55. The number of alkyl carbamates (subject to hydrolysis) is 1. The van der Waals surface area contributed by atoms with Crippen LogP contribution in [0.4, 0.5) is 10.5 Å². The van der Waals surface area contributed by atoms with E-state index in [0.29, 0.717) is 32.9 Å². The van der Waals surface area contributed by atoms with Crippen LogP contribution in [0.3, 0.4) is 0 Å². The Labute approximate surface area is 207 Å². The molecule has 0 radical (unpaired) electrons. The van der Waals surface area contributed by atoms with Gasteiger partial charge in [-0.05, 0) is 20.8 Å². The molecule has 0 aliphatic heterocycles. The molecule has 9 heteroatoms. The maximum absolute atomic E-state index is 12.9. The van der Waals surface area contributed by atoms with Crippen LogP contribution < -0.4 is 24.7 Å². The summed E-state index contributed by atoms with van der Waals surface area (Å²) >= 11 is 0.365. The third-order valence-corrected chi connectivity index (χ3v) is 6.73. The molecule has 0 spiro atoms. The molecule has 0 atom stereocenters. The number of methoxy groups -OCH3 is 1. The van der Waals surface area contributed by atoms with Gasteiger partial charge in [0.05, 0.1) is 7.11 Å². The van der Waals surface area contributed by atoms with Gasteiger partial charge in [-0.2, -0.15) is 0 Å². The van der Waals surface area contributed by atoms with Crippen molar-refractivity contribution in [3.63, 3.8) is 0 Å². The molecule has 0 aliphatic rings. The van der Waals surface area contributed by atoms with Crippen LogP contribution in [-0.4, -0.2) is 65.2 Å². The number of amides is 3. The minimum absolute atomic E-state index is 0.162. The van der Waals surface area contributed by atoms with Crippen molar-refractivity contribution in [2.75, 3.05) is 31.6 Å². The number of nitrogens with zero attached hydrogens (tertiary/aromatic N) is 1. The number of hydrogen-bond donors (Lipinski definition) is 2. The zero-order valence-corrected chi connectivity index (χ0v) is 21.8. The van der Waals surface area contributed by atoms with Gasteiger partial charge in [0.1, 0.15) is 5.60 Å². The number of hydrogen-bond acceptors (Lipinski definition) is 5. The Kier molecular flexibility index (Phi) is 10.9. The molecule has 0 aromatic heterocycles. The van der Waals surface area contributed by atoms with Gasteiger partial charge in [-0.15, -0.1) is 0 Å². The number of rotatable bonds is 11. The van der Waals surface area contributed by atoms with E-state index in [9.17, 15) is 14.4 Å². The van der Waals surface area contributed by atoms with Gasteiger partial charge in [0.25, 0.3) is 0 Å². The van der Waals surface area contributed by atoms with Gasteiger partial charge in [-0.1, -0.05) is 0 Å². The van der Waals surface area contributed by atoms with E-state index in [1.807, 2.05) is 18.2 Å². The standard InChI is InChI=1S/C25H33N3O5Se/c1-25(2,3)33-24(31)27-17-23(30)28(19-11-13-20(32-4)14-12-19)18-22(29)26-15-8-16-34-21-9-6-5-7-10-21/h5-7,9-14H,8,15-18H2,1-4H3,(H,26,29)(H,27,31). The molecule has 0 heterocycles. The first-order chi connectivity index (χ1) is 16.2. The molecular formula is C25H33N3O5Se. The van der Waals surface area contributed by atoms with Gasteiger partial charge in [0.2, 0.25) is 0 Å². The molecule has 34 heavy (non-hydrogen) atoms. The predicted molar refractivity (Wildman–Crippen MR) is 134 cm³/mol. The fourth-order valence-electron chi connectivity index (χ4n) is 2.85. The van der Waals surface area contributed by atoms with Crippen molar-refractivity contribution in [1.82, 2.24) is 10.6 Å². The quantitative estimate of drug-likeness (QED) is 0.341. The zero-order valence-electron chi connectivity index (χ0n) is 20.1. The molecule has 2 N–H and O–H groups in total. The summed E-state index contributed by atoms with van der Waals surface area (Å²) in [6.45, 7) is 5.29. The van der Waals surface area contributed by atoms with Crippen LogP contribution >= 0.6 is 0 Å². The topological polar surface area (TPSA) is 97.0 Å². The number of anilines is 1. The maximum atomic E-state index is 12.9. The summed E-state index contributed by atoms with van der Waals surface area (Å²) in [5.74, 6) is -0.0694. The number of carbonyl (C=O) groups is 3. The van der Waals surface area contributed by atoms with Crippen molar-refractivity contribution in [1.29, 1.82) is 0 Å². The van der Waals surface area contributed by atoms with Gasteiger partial charge in [-0.25, -0.2) is 0 Å². The second-order valence-electron chi connectivity index (χ2n) is 8.40. The summed E-state index contributed by atoms with van der Waals surface area (Å²) < 4.78 is 11.7. The van der Waals surface area contributed by atoms with Crippen LogP contribution in [0.1, 0.15) is 27.2 Å². The molecule has 0 aliphatic carbocycles. The number of nitrogens with one attached hydrogen (secondary N) is 2. The van der Waals surface area contributed by atoms with E-state index in [2.05, 4.69) is 22.8 Å². The second kappa shape index (κ2) is 13.6.